The molecule has 5 nitrogen and oxygen atoms in total. The largest absolute Gasteiger partial charge is 0.396 e. The zero-order valence-electron chi connectivity index (χ0n) is 13.2. The van der Waals surface area contributed by atoms with Crippen LogP contribution in [0.4, 0.5) is 0 Å². The molecule has 3 rings (SSSR count). The average Bonchev–Trinajstić information content (AvgIpc) is 3.09. The van der Waals surface area contributed by atoms with Gasteiger partial charge in [-0.2, -0.15) is 0 Å². The highest BCUT2D eigenvalue weighted by molar-refractivity contribution is 7.20. The van der Waals surface area contributed by atoms with Crippen LogP contribution >= 0.6 is 11.3 Å². The summed E-state index contributed by atoms with van der Waals surface area (Å²) >= 11 is 1.58. The Balaban J connectivity index is 1.91. The lowest BCUT2D eigenvalue weighted by atomic mass is 10.2. The Morgan fingerprint density at radius 2 is 2.00 bits per heavy atom. The third kappa shape index (κ3) is 3.13. The summed E-state index contributed by atoms with van der Waals surface area (Å²) in [5.74, 6) is -0.122. The molecule has 1 aromatic carbocycles. The molecule has 0 fully saturated rings. The van der Waals surface area contributed by atoms with E-state index >= 15 is 0 Å². The van der Waals surface area contributed by atoms with Gasteiger partial charge in [0.1, 0.15) is 0 Å². The number of nitrogens with zero attached hydrogens (tertiary/aromatic N) is 2. The lowest BCUT2D eigenvalue weighted by Crippen LogP contribution is -2.24. The molecule has 0 spiro atoms. The predicted octanol–water partition coefficient (Wildman–Crippen LogP) is 2.82. The Bertz CT molecular complexity index is 831. The first kappa shape index (κ1) is 15.7. The van der Waals surface area contributed by atoms with Crippen molar-refractivity contribution in [2.75, 3.05) is 13.2 Å². The van der Waals surface area contributed by atoms with Crippen LogP contribution in [-0.4, -0.2) is 33.7 Å². The number of rotatable bonds is 5. The van der Waals surface area contributed by atoms with E-state index in [1.54, 1.807) is 17.4 Å². The van der Waals surface area contributed by atoms with E-state index in [1.807, 2.05) is 12.1 Å². The maximum Gasteiger partial charge on any atom is 0.251 e. The minimum absolute atomic E-state index is 0.0765. The van der Waals surface area contributed by atoms with Crippen molar-refractivity contribution in [3.05, 3.63) is 47.3 Å². The number of aryl methyl sites for hydroxylation is 2. The van der Waals surface area contributed by atoms with Gasteiger partial charge in [-0.05, 0) is 50.6 Å². The molecular formula is C17H19N3O2S. The lowest BCUT2D eigenvalue weighted by molar-refractivity contribution is 0.0951. The van der Waals surface area contributed by atoms with Crippen LogP contribution in [0.3, 0.4) is 0 Å². The van der Waals surface area contributed by atoms with E-state index in [1.165, 1.54) is 0 Å². The summed E-state index contributed by atoms with van der Waals surface area (Å²) in [6, 6.07) is 9.68. The second-order valence-corrected chi connectivity index (χ2v) is 6.47. The SMILES string of the molecule is Cc1ccc(C)n1-c1nc2ccc(C(=O)NCCCO)cc2s1. The fourth-order valence-corrected chi connectivity index (χ4v) is 3.63. The zero-order chi connectivity index (χ0) is 16.4. The van der Waals surface area contributed by atoms with Crippen molar-refractivity contribution in [2.24, 2.45) is 0 Å². The molecule has 0 aliphatic heterocycles. The molecule has 0 atom stereocenters. The molecule has 0 unspecified atom stereocenters. The average molecular weight is 329 g/mol. The van der Waals surface area contributed by atoms with E-state index in [4.69, 9.17) is 5.11 Å². The molecule has 2 N–H and O–H groups in total. The zero-order valence-corrected chi connectivity index (χ0v) is 14.0. The summed E-state index contributed by atoms with van der Waals surface area (Å²) in [7, 11) is 0. The number of nitrogens with one attached hydrogen (secondary N) is 1. The van der Waals surface area contributed by atoms with Gasteiger partial charge in [0.2, 0.25) is 0 Å². The molecule has 0 radical (unpaired) electrons. The topological polar surface area (TPSA) is 67.2 Å². The van der Waals surface area contributed by atoms with Crippen molar-refractivity contribution in [1.82, 2.24) is 14.9 Å². The fourth-order valence-electron chi connectivity index (χ4n) is 2.50. The fraction of sp³-hybridized carbons (Fsp3) is 0.294. The summed E-state index contributed by atoms with van der Waals surface area (Å²) in [5, 5.41) is 12.5. The first-order valence-corrected chi connectivity index (χ1v) is 8.37. The van der Waals surface area contributed by atoms with E-state index in [9.17, 15) is 4.79 Å². The third-order valence-electron chi connectivity index (χ3n) is 3.72. The number of aromatic nitrogens is 2. The van der Waals surface area contributed by atoms with Gasteiger partial charge in [0.25, 0.3) is 5.91 Å². The number of carbonyl (C=O) groups is 1. The van der Waals surface area contributed by atoms with Gasteiger partial charge in [0, 0.05) is 30.1 Å². The summed E-state index contributed by atoms with van der Waals surface area (Å²) in [6.07, 6.45) is 0.560. The smallest absolute Gasteiger partial charge is 0.251 e. The summed E-state index contributed by atoms with van der Waals surface area (Å²) in [4.78, 5) is 16.8. The van der Waals surface area contributed by atoms with E-state index in [0.717, 1.165) is 26.7 Å². The molecule has 120 valence electrons. The number of thiazole rings is 1. The molecule has 0 aliphatic rings. The molecular weight excluding hydrogens is 310 g/mol. The van der Waals surface area contributed by atoms with Crippen molar-refractivity contribution in [1.29, 1.82) is 0 Å². The maximum atomic E-state index is 12.1. The van der Waals surface area contributed by atoms with Gasteiger partial charge < -0.3 is 10.4 Å². The van der Waals surface area contributed by atoms with Crippen molar-refractivity contribution in [3.8, 4) is 5.13 Å². The van der Waals surface area contributed by atoms with Gasteiger partial charge >= 0.3 is 0 Å². The number of hydrogen-bond acceptors (Lipinski definition) is 4. The maximum absolute atomic E-state index is 12.1. The van der Waals surface area contributed by atoms with Crippen LogP contribution in [0.15, 0.2) is 30.3 Å². The molecule has 1 amide bonds. The summed E-state index contributed by atoms with van der Waals surface area (Å²) < 4.78 is 3.10. The van der Waals surface area contributed by atoms with Crippen LogP contribution in [0.2, 0.25) is 0 Å². The Labute approximate surface area is 138 Å². The Kier molecular flexibility index (Phi) is 4.45. The number of aliphatic hydroxyl groups excluding tert-OH is 1. The van der Waals surface area contributed by atoms with Gasteiger partial charge in [-0.15, -0.1) is 0 Å². The second-order valence-electron chi connectivity index (χ2n) is 5.46. The molecule has 6 heteroatoms. The quantitative estimate of drug-likeness (QED) is 0.707. The van der Waals surface area contributed by atoms with Crippen LogP contribution in [0.25, 0.3) is 15.3 Å². The first-order valence-electron chi connectivity index (χ1n) is 7.55. The number of amides is 1. The van der Waals surface area contributed by atoms with E-state index in [2.05, 4.69) is 40.8 Å². The predicted molar refractivity (Wildman–Crippen MR) is 92.5 cm³/mol. The minimum Gasteiger partial charge on any atom is -0.396 e. The molecule has 3 aromatic rings. The van der Waals surface area contributed by atoms with Crippen LogP contribution in [-0.2, 0) is 0 Å². The Hall–Kier alpha value is -2.18. The Morgan fingerprint density at radius 3 is 2.70 bits per heavy atom. The molecule has 0 aliphatic carbocycles. The van der Waals surface area contributed by atoms with Crippen LogP contribution in [0.5, 0.6) is 0 Å². The highest BCUT2D eigenvalue weighted by atomic mass is 32.1. The Morgan fingerprint density at radius 1 is 1.26 bits per heavy atom. The van der Waals surface area contributed by atoms with E-state index in [0.29, 0.717) is 18.5 Å². The number of benzene rings is 1. The molecule has 0 bridgehead atoms. The van der Waals surface area contributed by atoms with Crippen molar-refractivity contribution in [2.45, 2.75) is 20.3 Å². The first-order chi connectivity index (χ1) is 11.1. The van der Waals surface area contributed by atoms with Gasteiger partial charge in [-0.25, -0.2) is 4.98 Å². The van der Waals surface area contributed by atoms with Gasteiger partial charge in [0.05, 0.1) is 10.2 Å². The molecule has 2 aromatic heterocycles. The van der Waals surface area contributed by atoms with Gasteiger partial charge in [-0.3, -0.25) is 9.36 Å². The van der Waals surface area contributed by atoms with Crippen LogP contribution in [0.1, 0.15) is 28.2 Å². The minimum atomic E-state index is -0.122. The number of hydrogen-bond donors (Lipinski definition) is 2. The van der Waals surface area contributed by atoms with Crippen LogP contribution < -0.4 is 5.32 Å². The second kappa shape index (κ2) is 6.52. The monoisotopic (exact) mass is 329 g/mol. The number of aliphatic hydroxyl groups is 1. The molecule has 0 saturated heterocycles. The van der Waals surface area contributed by atoms with Crippen molar-refractivity contribution >= 4 is 27.5 Å². The lowest BCUT2D eigenvalue weighted by Gasteiger charge is -2.03. The van der Waals surface area contributed by atoms with Crippen molar-refractivity contribution in [3.63, 3.8) is 0 Å². The molecule has 23 heavy (non-hydrogen) atoms. The van der Waals surface area contributed by atoms with Crippen molar-refractivity contribution < 1.29 is 9.90 Å². The molecule has 2 heterocycles. The molecule has 0 saturated carbocycles. The van der Waals surface area contributed by atoms with Gasteiger partial charge in [0.15, 0.2) is 5.13 Å². The van der Waals surface area contributed by atoms with E-state index in [-0.39, 0.29) is 12.5 Å². The highest BCUT2D eigenvalue weighted by Crippen LogP contribution is 2.28. The summed E-state index contributed by atoms with van der Waals surface area (Å²) in [6.45, 7) is 4.66. The standard InChI is InChI=1S/C17H19N3O2S/c1-11-4-5-12(2)20(11)17-19-14-7-6-13(10-15(14)23-17)16(22)18-8-3-9-21/h4-7,10,21H,3,8-9H2,1-2H3,(H,18,22). The highest BCUT2D eigenvalue weighted by Gasteiger charge is 2.12. The van der Waals surface area contributed by atoms with Gasteiger partial charge in [-0.1, -0.05) is 11.3 Å². The van der Waals surface area contributed by atoms with E-state index < -0.39 is 0 Å². The summed E-state index contributed by atoms with van der Waals surface area (Å²) in [5.41, 5.74) is 3.79. The normalized spacial score (nSPS) is 11.1. The third-order valence-corrected chi connectivity index (χ3v) is 4.73. The number of carbonyl (C=O) groups excluding carboxylic acids is 1. The van der Waals surface area contributed by atoms with Crippen LogP contribution in [0, 0.1) is 13.8 Å². The number of fused-ring (bicyclic) bond motifs is 1.